The molecular weight excluding hydrogens is 615 g/mol. The number of Topliss-reactive ketones (excluding diaryl/α,β-unsaturated/α-hetero) is 1. The summed E-state index contributed by atoms with van der Waals surface area (Å²) in [4.78, 5) is 18.0. The number of fused-ring (bicyclic) bond motifs is 1. The Morgan fingerprint density at radius 1 is 1.02 bits per heavy atom. The van der Waals surface area contributed by atoms with E-state index in [4.69, 9.17) is 4.74 Å². The summed E-state index contributed by atoms with van der Waals surface area (Å²) in [6, 6.07) is 24.1. The number of aryl methyl sites for hydroxylation is 1. The number of allylic oxidation sites excluding steroid dienone is 1. The van der Waals surface area contributed by atoms with Crippen LogP contribution in [-0.2, 0) is 52.0 Å². The van der Waals surface area contributed by atoms with Crippen LogP contribution in [0, 0.1) is 24.8 Å². The predicted octanol–water partition coefficient (Wildman–Crippen LogP) is 10.0. The van der Waals surface area contributed by atoms with Gasteiger partial charge in [0.15, 0.2) is 0 Å². The summed E-state index contributed by atoms with van der Waals surface area (Å²) < 4.78 is 6.16. The summed E-state index contributed by atoms with van der Waals surface area (Å²) >= 11 is 0. The van der Waals surface area contributed by atoms with E-state index in [0.717, 1.165) is 60.8 Å². The third-order valence-electron chi connectivity index (χ3n) is 9.00. The number of carbonyl (C=O) groups is 1. The number of carbonyl (C=O) groups excluding carboxylic acids is 1. The van der Waals surface area contributed by atoms with Crippen LogP contribution in [0.2, 0.25) is 0 Å². The molecule has 0 aromatic heterocycles. The van der Waals surface area contributed by atoms with Gasteiger partial charge in [-0.2, -0.15) is 0 Å². The molecule has 5 rings (SSSR count). The third kappa shape index (κ3) is 10.3. The molecule has 3 aromatic carbocycles. The molecule has 3 nitrogen and oxygen atoms in total. The van der Waals surface area contributed by atoms with E-state index in [0.29, 0.717) is 17.9 Å². The molecule has 1 radical (unpaired) electrons. The molecule has 2 aliphatic rings. The van der Waals surface area contributed by atoms with E-state index in [9.17, 15) is 4.79 Å². The first kappa shape index (κ1) is 36.1. The van der Waals surface area contributed by atoms with Gasteiger partial charge in [0, 0.05) is 53.3 Å². The van der Waals surface area contributed by atoms with Gasteiger partial charge in [-0.3, -0.25) is 4.99 Å². The number of ether oxygens (including phenoxy) is 1. The predicted molar refractivity (Wildman–Crippen MR) is 183 cm³/mol. The number of benzene rings is 3. The van der Waals surface area contributed by atoms with Crippen molar-refractivity contribution in [2.45, 2.75) is 91.4 Å². The van der Waals surface area contributed by atoms with Crippen molar-refractivity contribution >= 4 is 11.5 Å². The number of nitrogens with zero attached hydrogens (tertiary/aromatic N) is 1. The molecule has 0 saturated heterocycles. The van der Waals surface area contributed by atoms with Crippen LogP contribution < -0.4 is 4.74 Å². The summed E-state index contributed by atoms with van der Waals surface area (Å²) in [7, 11) is 1.83. The summed E-state index contributed by atoms with van der Waals surface area (Å²) in [5.74, 6) is 2.27. The van der Waals surface area contributed by atoms with E-state index in [1.165, 1.54) is 60.8 Å². The van der Waals surface area contributed by atoms with E-state index in [1.807, 2.05) is 39.1 Å². The zero-order valence-electron chi connectivity index (χ0n) is 27.5. The molecule has 2 atom stereocenters. The summed E-state index contributed by atoms with van der Waals surface area (Å²) in [6.45, 7) is 11.0. The molecule has 0 N–H and O–H groups in total. The van der Waals surface area contributed by atoms with E-state index in [1.54, 1.807) is 0 Å². The van der Waals surface area contributed by atoms with Crippen LogP contribution in [0.15, 0.2) is 77.8 Å². The van der Waals surface area contributed by atoms with Crippen LogP contribution in [0.5, 0.6) is 5.75 Å². The molecule has 2 aliphatic carbocycles. The molecule has 1 saturated carbocycles. The van der Waals surface area contributed by atoms with Gasteiger partial charge < -0.3 is 9.53 Å². The maximum atomic E-state index is 13.4. The average molecular weight is 668 g/mol. The van der Waals surface area contributed by atoms with Gasteiger partial charge in [-0.1, -0.05) is 81.3 Å². The third-order valence-corrected chi connectivity index (χ3v) is 9.00. The molecule has 0 heterocycles. The molecule has 0 aliphatic heterocycles. The fraction of sp³-hybridized carbons (Fsp3) is 0.450. The molecule has 4 heteroatoms. The molecule has 0 spiro atoms. The zero-order valence-corrected chi connectivity index (χ0v) is 30.3. The zero-order chi connectivity index (χ0) is 30.6. The standard InChI is InChI=1S/C38H44NO2.C2H6.Y.H2/c1-27-9-7-12-29(16-14-27)13-8-20-41-35-19-18-32-21-31(22-34(32)25-35)24-38(40)33-17-15-28(2)36(26-33)37(39-3)23-30-10-5-4-6-11-30;1-2;;/h4-6,10-11,15,18-19,25-26,29,31H,1,7-9,12-14,16,20-24H2,2-3H3;1-2H3;;1H/q-1;;;. The first-order chi connectivity index (χ1) is 21.0. The maximum Gasteiger partial charge on any atom is 0.119 e. The molecule has 3 aromatic rings. The van der Waals surface area contributed by atoms with Crippen molar-refractivity contribution in [2.75, 3.05) is 13.7 Å². The monoisotopic (exact) mass is 667 g/mol. The first-order valence-corrected chi connectivity index (χ1v) is 16.4. The minimum Gasteiger partial charge on any atom is -0.494 e. The smallest absolute Gasteiger partial charge is 0.119 e. The van der Waals surface area contributed by atoms with Gasteiger partial charge in [-0.25, -0.2) is 0 Å². The van der Waals surface area contributed by atoms with Gasteiger partial charge in [0.1, 0.15) is 5.75 Å². The Morgan fingerprint density at radius 3 is 2.57 bits per heavy atom. The number of hydrogen-bond acceptors (Lipinski definition) is 3. The minimum absolute atomic E-state index is 0. The largest absolute Gasteiger partial charge is 0.494 e. The Kier molecular flexibility index (Phi) is 15.2. The van der Waals surface area contributed by atoms with Crippen molar-refractivity contribution in [3.05, 3.63) is 112 Å². The van der Waals surface area contributed by atoms with Crippen molar-refractivity contribution in [1.29, 1.82) is 0 Å². The van der Waals surface area contributed by atoms with Crippen LogP contribution in [0.25, 0.3) is 0 Å². The van der Waals surface area contributed by atoms with Crippen molar-refractivity contribution in [3.8, 4) is 5.75 Å². The average Bonchev–Trinajstić information content (AvgIpc) is 3.31. The van der Waals surface area contributed by atoms with Crippen molar-refractivity contribution in [1.82, 2.24) is 0 Å². The Morgan fingerprint density at radius 2 is 1.80 bits per heavy atom. The Labute approximate surface area is 293 Å². The fourth-order valence-electron chi connectivity index (χ4n) is 6.58. The van der Waals surface area contributed by atoms with Gasteiger partial charge in [0.2, 0.25) is 0 Å². The van der Waals surface area contributed by atoms with E-state index < -0.39 is 0 Å². The van der Waals surface area contributed by atoms with Gasteiger partial charge in [0.05, 0.1) is 12.4 Å². The van der Waals surface area contributed by atoms with Crippen LogP contribution in [-0.4, -0.2) is 25.1 Å². The SMILES string of the molecule is C=C1CCCC(CCCOc2ccc3c(c2)CC(CC(=O)c2[c-]cc(C)c(C(Cc4ccccc4)=NC)c2)C3)CC1.CC.[HH].[Y]. The molecular formula is C40H52NO2Y-. The van der Waals surface area contributed by atoms with E-state index >= 15 is 0 Å². The van der Waals surface area contributed by atoms with Gasteiger partial charge in [-0.05, 0) is 98.4 Å². The second-order valence-electron chi connectivity index (χ2n) is 12.1. The quantitative estimate of drug-likeness (QED) is 0.0510. The normalized spacial score (nSPS) is 17.9. The summed E-state index contributed by atoms with van der Waals surface area (Å²) in [5.41, 5.74) is 9.13. The fourth-order valence-corrected chi connectivity index (χ4v) is 6.58. The molecule has 1 fully saturated rings. The van der Waals surface area contributed by atoms with Gasteiger partial charge in [-0.15, -0.1) is 29.3 Å². The minimum atomic E-state index is 0. The molecule has 0 bridgehead atoms. The second-order valence-corrected chi connectivity index (χ2v) is 12.1. The van der Waals surface area contributed by atoms with Crippen LogP contribution in [0.1, 0.15) is 105 Å². The van der Waals surface area contributed by atoms with Crippen molar-refractivity contribution in [2.24, 2.45) is 16.8 Å². The van der Waals surface area contributed by atoms with Crippen LogP contribution >= 0.6 is 0 Å². The Bertz CT molecular complexity index is 1400. The van der Waals surface area contributed by atoms with E-state index in [2.05, 4.69) is 67.0 Å². The second kappa shape index (κ2) is 18.6. The summed E-state index contributed by atoms with van der Waals surface area (Å²) in [5, 5.41) is 0. The topological polar surface area (TPSA) is 38.7 Å². The Hall–Kier alpha value is -2.36. The van der Waals surface area contributed by atoms with Crippen LogP contribution in [0.4, 0.5) is 0 Å². The van der Waals surface area contributed by atoms with E-state index in [-0.39, 0.29) is 39.9 Å². The molecule has 0 amide bonds. The van der Waals surface area contributed by atoms with Crippen LogP contribution in [0.3, 0.4) is 0 Å². The molecule has 2 unspecified atom stereocenters. The summed E-state index contributed by atoms with van der Waals surface area (Å²) in [6.07, 6.45) is 11.8. The van der Waals surface area contributed by atoms with Crippen molar-refractivity contribution < 1.29 is 43.7 Å². The Balaban J connectivity index is 0.00000173. The number of ketones is 1. The number of rotatable bonds is 11. The maximum absolute atomic E-state index is 13.4. The number of hydrogen-bond donors (Lipinski definition) is 0. The van der Waals surface area contributed by atoms with Gasteiger partial charge in [0.25, 0.3) is 0 Å². The first-order valence-electron chi connectivity index (χ1n) is 16.4. The van der Waals surface area contributed by atoms with Crippen molar-refractivity contribution in [3.63, 3.8) is 0 Å². The molecule has 233 valence electrons. The number of aliphatic imine (C=N–C) groups is 1. The molecule has 44 heavy (non-hydrogen) atoms. The van der Waals surface area contributed by atoms with Gasteiger partial charge >= 0.3 is 0 Å².